The van der Waals surface area contributed by atoms with Crippen LogP contribution in [0.2, 0.25) is 0 Å². The SMILES string of the molecule is CCCC(C)(C)CCC1(C(C)CC)CCCCC1. The van der Waals surface area contributed by atoms with Crippen LogP contribution in [0.1, 0.15) is 98.8 Å². The summed E-state index contributed by atoms with van der Waals surface area (Å²) in [7, 11) is 0. The second kappa shape index (κ2) is 6.96. The van der Waals surface area contributed by atoms with E-state index in [1.54, 1.807) is 0 Å². The molecule has 0 saturated heterocycles. The molecule has 0 aliphatic heterocycles. The standard InChI is InChI=1S/C18H36/c1-6-11-17(4,5)14-15-18(16(3)7-2)12-9-8-10-13-18/h16H,6-15H2,1-5H3. The lowest BCUT2D eigenvalue weighted by Gasteiger charge is -2.44. The molecule has 0 bridgehead atoms. The number of rotatable bonds is 7. The second-order valence-corrected chi connectivity index (χ2v) is 7.65. The highest BCUT2D eigenvalue weighted by molar-refractivity contribution is 4.88. The van der Waals surface area contributed by atoms with Gasteiger partial charge in [-0.2, -0.15) is 0 Å². The molecule has 1 saturated carbocycles. The third-order valence-electron chi connectivity index (χ3n) is 5.73. The first-order valence-corrected chi connectivity index (χ1v) is 8.46. The van der Waals surface area contributed by atoms with Crippen molar-refractivity contribution in [3.63, 3.8) is 0 Å². The predicted octanol–water partition coefficient (Wildman–Crippen LogP) is 6.59. The van der Waals surface area contributed by atoms with Crippen LogP contribution in [0.15, 0.2) is 0 Å². The predicted molar refractivity (Wildman–Crippen MR) is 82.9 cm³/mol. The van der Waals surface area contributed by atoms with E-state index in [4.69, 9.17) is 0 Å². The van der Waals surface area contributed by atoms with Crippen LogP contribution in [0.25, 0.3) is 0 Å². The first-order valence-electron chi connectivity index (χ1n) is 8.46. The molecule has 1 fully saturated rings. The van der Waals surface area contributed by atoms with Crippen molar-refractivity contribution in [3.8, 4) is 0 Å². The molecule has 0 heteroatoms. The third-order valence-corrected chi connectivity index (χ3v) is 5.73. The van der Waals surface area contributed by atoms with E-state index in [1.165, 1.54) is 64.2 Å². The van der Waals surface area contributed by atoms with Crippen molar-refractivity contribution in [3.05, 3.63) is 0 Å². The molecule has 0 heterocycles. The summed E-state index contributed by atoms with van der Waals surface area (Å²) in [6.45, 7) is 12.2. The van der Waals surface area contributed by atoms with Gasteiger partial charge in [0.25, 0.3) is 0 Å². The van der Waals surface area contributed by atoms with Gasteiger partial charge in [0.2, 0.25) is 0 Å². The molecular weight excluding hydrogens is 216 g/mol. The Bertz CT molecular complexity index is 220. The summed E-state index contributed by atoms with van der Waals surface area (Å²) in [5.74, 6) is 0.926. The molecule has 0 radical (unpaired) electrons. The van der Waals surface area contributed by atoms with Crippen molar-refractivity contribution in [1.29, 1.82) is 0 Å². The molecular formula is C18H36. The Kier molecular flexibility index (Phi) is 6.21. The van der Waals surface area contributed by atoms with Gasteiger partial charge >= 0.3 is 0 Å². The van der Waals surface area contributed by atoms with Gasteiger partial charge in [0.05, 0.1) is 0 Å². The molecule has 0 amide bonds. The second-order valence-electron chi connectivity index (χ2n) is 7.65. The average molecular weight is 252 g/mol. The van der Waals surface area contributed by atoms with Crippen molar-refractivity contribution < 1.29 is 0 Å². The Morgan fingerprint density at radius 2 is 1.61 bits per heavy atom. The van der Waals surface area contributed by atoms with Gasteiger partial charge in [-0.1, -0.05) is 66.7 Å². The van der Waals surface area contributed by atoms with Crippen molar-refractivity contribution in [2.75, 3.05) is 0 Å². The molecule has 0 aromatic rings. The van der Waals surface area contributed by atoms with Gasteiger partial charge in [-0.05, 0) is 48.9 Å². The first-order chi connectivity index (χ1) is 8.46. The van der Waals surface area contributed by atoms with Crippen LogP contribution in [0.4, 0.5) is 0 Å². The summed E-state index contributed by atoms with van der Waals surface area (Å²) in [4.78, 5) is 0. The summed E-state index contributed by atoms with van der Waals surface area (Å²) in [5, 5.41) is 0. The van der Waals surface area contributed by atoms with Gasteiger partial charge < -0.3 is 0 Å². The van der Waals surface area contributed by atoms with E-state index in [-0.39, 0.29) is 0 Å². The van der Waals surface area contributed by atoms with Crippen LogP contribution in [-0.4, -0.2) is 0 Å². The fourth-order valence-electron chi connectivity index (χ4n) is 4.07. The third kappa shape index (κ3) is 4.28. The lowest BCUT2D eigenvalue weighted by atomic mass is 9.61. The molecule has 0 N–H and O–H groups in total. The minimum absolute atomic E-state index is 0.562. The molecule has 18 heavy (non-hydrogen) atoms. The molecule has 1 rings (SSSR count). The molecule has 1 atom stereocenters. The minimum Gasteiger partial charge on any atom is -0.0654 e. The summed E-state index contributed by atoms with van der Waals surface area (Å²) < 4.78 is 0. The maximum atomic E-state index is 2.51. The molecule has 0 spiro atoms. The summed E-state index contributed by atoms with van der Waals surface area (Å²) >= 11 is 0. The maximum absolute atomic E-state index is 2.51. The summed E-state index contributed by atoms with van der Waals surface area (Å²) in [6, 6.07) is 0. The van der Waals surface area contributed by atoms with Crippen molar-refractivity contribution in [1.82, 2.24) is 0 Å². The largest absolute Gasteiger partial charge is 0.0654 e. The molecule has 1 unspecified atom stereocenters. The van der Waals surface area contributed by atoms with Gasteiger partial charge in [0.15, 0.2) is 0 Å². The molecule has 1 aliphatic carbocycles. The highest BCUT2D eigenvalue weighted by Gasteiger charge is 2.37. The minimum atomic E-state index is 0.562. The quantitative estimate of drug-likeness (QED) is 0.479. The zero-order valence-corrected chi connectivity index (χ0v) is 13.6. The average Bonchev–Trinajstić information content (AvgIpc) is 2.36. The van der Waals surface area contributed by atoms with Crippen LogP contribution in [0.3, 0.4) is 0 Å². The van der Waals surface area contributed by atoms with Gasteiger partial charge in [-0.25, -0.2) is 0 Å². The fraction of sp³-hybridized carbons (Fsp3) is 1.00. The van der Waals surface area contributed by atoms with Crippen molar-refractivity contribution >= 4 is 0 Å². The molecule has 0 aromatic heterocycles. The van der Waals surface area contributed by atoms with Crippen LogP contribution < -0.4 is 0 Å². The normalized spacial score (nSPS) is 21.8. The van der Waals surface area contributed by atoms with E-state index in [9.17, 15) is 0 Å². The van der Waals surface area contributed by atoms with Crippen LogP contribution in [-0.2, 0) is 0 Å². The molecule has 108 valence electrons. The molecule has 0 aromatic carbocycles. The smallest absolute Gasteiger partial charge is 0.0272 e. The van der Waals surface area contributed by atoms with Crippen molar-refractivity contribution in [2.45, 2.75) is 98.8 Å². The Balaban J connectivity index is 2.61. The summed E-state index contributed by atoms with van der Waals surface area (Å²) in [6.07, 6.45) is 14.5. The number of hydrogen-bond acceptors (Lipinski definition) is 0. The zero-order chi connectivity index (χ0) is 13.6. The van der Waals surface area contributed by atoms with Crippen molar-refractivity contribution in [2.24, 2.45) is 16.7 Å². The highest BCUT2D eigenvalue weighted by Crippen LogP contribution is 2.49. The van der Waals surface area contributed by atoms with E-state index in [2.05, 4.69) is 34.6 Å². The fourth-order valence-corrected chi connectivity index (χ4v) is 4.07. The van der Waals surface area contributed by atoms with Crippen LogP contribution in [0, 0.1) is 16.7 Å². The van der Waals surface area contributed by atoms with Crippen LogP contribution in [0.5, 0.6) is 0 Å². The Labute approximate surface area is 116 Å². The van der Waals surface area contributed by atoms with Crippen LogP contribution >= 0.6 is 0 Å². The summed E-state index contributed by atoms with van der Waals surface area (Å²) in [5.41, 5.74) is 1.25. The Morgan fingerprint density at radius 1 is 1.00 bits per heavy atom. The van der Waals surface area contributed by atoms with E-state index in [0.717, 1.165) is 5.92 Å². The van der Waals surface area contributed by atoms with E-state index >= 15 is 0 Å². The van der Waals surface area contributed by atoms with Gasteiger partial charge in [0, 0.05) is 0 Å². The lowest BCUT2D eigenvalue weighted by Crippen LogP contribution is -2.32. The van der Waals surface area contributed by atoms with Gasteiger partial charge in [-0.15, -0.1) is 0 Å². The monoisotopic (exact) mass is 252 g/mol. The molecule has 1 aliphatic rings. The van der Waals surface area contributed by atoms with Gasteiger partial charge in [0.1, 0.15) is 0 Å². The highest BCUT2D eigenvalue weighted by atomic mass is 14.4. The topological polar surface area (TPSA) is 0 Å². The lowest BCUT2D eigenvalue weighted by molar-refractivity contribution is 0.0716. The number of hydrogen-bond donors (Lipinski definition) is 0. The first kappa shape index (κ1) is 16.1. The van der Waals surface area contributed by atoms with E-state index < -0.39 is 0 Å². The maximum Gasteiger partial charge on any atom is -0.0272 e. The van der Waals surface area contributed by atoms with E-state index in [0.29, 0.717) is 10.8 Å². The Hall–Kier alpha value is 0. The van der Waals surface area contributed by atoms with Gasteiger partial charge in [-0.3, -0.25) is 0 Å². The van der Waals surface area contributed by atoms with E-state index in [1.807, 2.05) is 0 Å². The Morgan fingerprint density at radius 3 is 2.11 bits per heavy atom. The molecule has 0 nitrogen and oxygen atoms in total. The zero-order valence-electron chi connectivity index (χ0n) is 13.6.